The van der Waals surface area contributed by atoms with Gasteiger partial charge < -0.3 is 9.84 Å². The molecule has 1 aliphatic heterocycles. The van der Waals surface area contributed by atoms with E-state index in [1.54, 1.807) is 19.1 Å². The lowest BCUT2D eigenvalue weighted by Crippen LogP contribution is -2.40. The normalized spacial score (nSPS) is 20.9. The van der Waals surface area contributed by atoms with E-state index in [-0.39, 0.29) is 5.57 Å². The number of halogens is 2. The summed E-state index contributed by atoms with van der Waals surface area (Å²) in [5, 5.41) is 7.79. The van der Waals surface area contributed by atoms with Gasteiger partial charge in [-0.25, -0.2) is 9.18 Å². The Kier molecular flexibility index (Phi) is 3.59. The van der Waals surface area contributed by atoms with Crippen LogP contribution in [0, 0.1) is 6.92 Å². The minimum atomic E-state index is -1.88. The molecule has 102 valence electrons. The first-order chi connectivity index (χ1) is 8.70. The van der Waals surface area contributed by atoms with Crippen molar-refractivity contribution >= 4 is 32.9 Å². The smallest absolute Gasteiger partial charge is 0.335 e. The van der Waals surface area contributed by atoms with Crippen molar-refractivity contribution < 1.29 is 19.0 Å². The Morgan fingerprint density at radius 2 is 2.21 bits per heavy atom. The second-order valence-electron chi connectivity index (χ2n) is 4.69. The summed E-state index contributed by atoms with van der Waals surface area (Å²) in [6.07, 6.45) is 0.224. The number of aliphatic carboxylic acids is 1. The minimum Gasteiger partial charge on any atom is -0.481 e. The number of carboxylic acids is 1. The molecular weight excluding hydrogens is 290 g/mol. The van der Waals surface area contributed by atoms with E-state index in [0.717, 1.165) is 5.56 Å². The molecule has 0 aromatic heterocycles. The maximum absolute atomic E-state index is 14.1. The number of aryl methyl sites for hydroxylation is 1. The zero-order valence-corrected chi connectivity index (χ0v) is 12.3. The molecule has 2 rings (SSSR count). The largest absolute Gasteiger partial charge is 0.481 e. The number of carboxylic acid groups (broad SMARTS) is 1. The lowest BCUT2D eigenvalue weighted by Gasteiger charge is -2.32. The highest BCUT2D eigenvalue weighted by Gasteiger charge is 2.40. The Hall–Kier alpha value is -1.12. The molecule has 1 heterocycles. The molecule has 19 heavy (non-hydrogen) atoms. The molecule has 0 spiro atoms. The van der Waals surface area contributed by atoms with Crippen LogP contribution >= 0.6 is 20.8 Å². The van der Waals surface area contributed by atoms with Gasteiger partial charge in [-0.2, -0.15) is 0 Å². The van der Waals surface area contributed by atoms with E-state index < -0.39 is 17.5 Å². The first kappa shape index (κ1) is 14.3. The molecule has 0 saturated carbocycles. The molecule has 3 nitrogen and oxygen atoms in total. The van der Waals surface area contributed by atoms with Crippen molar-refractivity contribution in [3.8, 4) is 5.75 Å². The van der Waals surface area contributed by atoms with Gasteiger partial charge in [0.1, 0.15) is 5.75 Å². The van der Waals surface area contributed by atoms with E-state index in [2.05, 4.69) is 0 Å². The average Bonchev–Trinajstić information content (AvgIpc) is 2.27. The van der Waals surface area contributed by atoms with E-state index in [9.17, 15) is 9.18 Å². The topological polar surface area (TPSA) is 46.5 Å². The zero-order chi connectivity index (χ0) is 14.4. The zero-order valence-electron chi connectivity index (χ0n) is 10.4. The maximum atomic E-state index is 14.1. The Bertz CT molecular complexity index is 578. The molecule has 0 fully saturated rings. The van der Waals surface area contributed by atoms with Gasteiger partial charge >= 0.3 is 5.97 Å². The third-order valence-corrected chi connectivity index (χ3v) is 3.60. The Balaban J connectivity index is 2.57. The monoisotopic (exact) mass is 302 g/mol. The summed E-state index contributed by atoms with van der Waals surface area (Å²) >= 11 is 5.99. The maximum Gasteiger partial charge on any atom is 0.335 e. The van der Waals surface area contributed by atoms with Gasteiger partial charge in [-0.05, 0) is 37.6 Å². The summed E-state index contributed by atoms with van der Waals surface area (Å²) in [6.45, 7) is 3.06. The van der Waals surface area contributed by atoms with E-state index in [4.69, 9.17) is 21.4 Å². The van der Waals surface area contributed by atoms with Crippen molar-refractivity contribution in [3.05, 3.63) is 33.9 Å². The van der Waals surface area contributed by atoms with Gasteiger partial charge in [0.05, 0.1) is 5.57 Å². The van der Waals surface area contributed by atoms with E-state index in [1.165, 1.54) is 13.0 Å². The van der Waals surface area contributed by atoms with Gasteiger partial charge in [-0.15, -0.1) is 0 Å². The minimum absolute atomic E-state index is 0.132. The van der Waals surface area contributed by atoms with Crippen molar-refractivity contribution in [3.63, 3.8) is 0 Å². The number of hydrogen-bond acceptors (Lipinski definition) is 2. The molecule has 0 radical (unpaired) electrons. The predicted molar refractivity (Wildman–Crippen MR) is 75.4 cm³/mol. The number of hydrogen-bond donors (Lipinski definition) is 1. The number of ether oxygens (including phenoxy) is 1. The average molecular weight is 303 g/mol. The highest BCUT2D eigenvalue weighted by Crippen LogP contribution is 2.40. The summed E-state index contributed by atoms with van der Waals surface area (Å²) in [5.41, 5.74) is 1.20. The third-order valence-electron chi connectivity index (χ3n) is 2.89. The summed E-state index contributed by atoms with van der Waals surface area (Å²) in [6, 6.07) is 3.29. The van der Waals surface area contributed by atoms with Crippen LogP contribution < -0.4 is 4.74 Å². The molecule has 1 aromatic carbocycles. The Morgan fingerprint density at radius 3 is 2.74 bits per heavy atom. The fraction of sp³-hybridized carbons (Fsp3) is 0.308. The van der Waals surface area contributed by atoms with Crippen LogP contribution in [0.15, 0.2) is 17.7 Å². The second kappa shape index (κ2) is 4.77. The molecule has 1 aliphatic rings. The van der Waals surface area contributed by atoms with Crippen molar-refractivity contribution in [2.75, 3.05) is 0 Å². The van der Waals surface area contributed by atoms with Crippen molar-refractivity contribution in [2.24, 2.45) is 0 Å². The van der Waals surface area contributed by atoms with E-state index in [1.807, 2.05) is 9.24 Å². The highest BCUT2D eigenvalue weighted by molar-refractivity contribution is 7.18. The molecule has 1 N–H and O–H groups in total. The standard InChI is InChI=1S/C13H13ClFO3P/c1-6-3-10-7(5-9(6)14)4-8(12(16)17)11(18-10)13(2,15)19/h3-5,11H,19H2,1-2H3,(H,16,17). The molecule has 3 atom stereocenters. The summed E-state index contributed by atoms with van der Waals surface area (Å²) in [4.78, 5) is 11.2. The summed E-state index contributed by atoms with van der Waals surface area (Å²) in [7, 11) is 1.97. The van der Waals surface area contributed by atoms with Crippen LogP contribution in [-0.4, -0.2) is 22.6 Å². The van der Waals surface area contributed by atoms with Gasteiger partial charge in [0.25, 0.3) is 0 Å². The van der Waals surface area contributed by atoms with Crippen molar-refractivity contribution in [1.29, 1.82) is 0 Å². The summed E-state index contributed by atoms with van der Waals surface area (Å²) < 4.78 is 19.6. The first-order valence-electron chi connectivity index (χ1n) is 5.59. The second-order valence-corrected chi connectivity index (χ2v) is 6.23. The van der Waals surface area contributed by atoms with Crippen LogP contribution in [-0.2, 0) is 4.79 Å². The molecule has 0 aliphatic carbocycles. The third kappa shape index (κ3) is 2.75. The van der Waals surface area contributed by atoms with Gasteiger partial charge in [-0.3, -0.25) is 0 Å². The highest BCUT2D eigenvalue weighted by atomic mass is 35.5. The predicted octanol–water partition coefficient (Wildman–Crippen LogP) is 3.44. The molecular formula is C13H13ClFO3P. The lowest BCUT2D eigenvalue weighted by atomic mass is 9.98. The number of fused-ring (bicyclic) bond motifs is 1. The fourth-order valence-corrected chi connectivity index (χ4v) is 2.33. The van der Waals surface area contributed by atoms with Gasteiger partial charge in [0.2, 0.25) is 0 Å². The molecule has 0 bridgehead atoms. The number of alkyl halides is 1. The Labute approximate surface area is 117 Å². The van der Waals surface area contributed by atoms with Crippen LogP contribution in [0.2, 0.25) is 5.02 Å². The van der Waals surface area contributed by atoms with Crippen LogP contribution in [0.3, 0.4) is 0 Å². The van der Waals surface area contributed by atoms with E-state index >= 15 is 0 Å². The first-order valence-corrected chi connectivity index (χ1v) is 6.55. The SMILES string of the molecule is Cc1cc2c(cc1Cl)C=C(C(=O)O)C(C(C)(F)P)O2. The van der Waals surface area contributed by atoms with E-state index in [0.29, 0.717) is 16.3 Å². The van der Waals surface area contributed by atoms with Crippen LogP contribution in [0.1, 0.15) is 18.1 Å². The van der Waals surface area contributed by atoms with Crippen molar-refractivity contribution in [1.82, 2.24) is 0 Å². The molecule has 0 saturated heterocycles. The number of benzene rings is 1. The van der Waals surface area contributed by atoms with Crippen LogP contribution in [0.5, 0.6) is 5.75 Å². The van der Waals surface area contributed by atoms with Crippen molar-refractivity contribution in [2.45, 2.75) is 25.4 Å². The van der Waals surface area contributed by atoms with Crippen LogP contribution in [0.25, 0.3) is 6.08 Å². The van der Waals surface area contributed by atoms with Crippen LogP contribution in [0.4, 0.5) is 4.39 Å². The quantitative estimate of drug-likeness (QED) is 0.851. The number of carbonyl (C=O) groups is 1. The lowest BCUT2D eigenvalue weighted by molar-refractivity contribution is -0.134. The molecule has 3 unspecified atom stereocenters. The van der Waals surface area contributed by atoms with Gasteiger partial charge in [-0.1, -0.05) is 20.8 Å². The van der Waals surface area contributed by atoms with Gasteiger partial charge in [0, 0.05) is 10.6 Å². The Morgan fingerprint density at radius 1 is 1.58 bits per heavy atom. The number of rotatable bonds is 2. The fourth-order valence-electron chi connectivity index (χ4n) is 1.91. The molecule has 0 amide bonds. The summed E-state index contributed by atoms with van der Waals surface area (Å²) in [5.74, 6) is -0.776. The molecule has 6 heteroatoms. The molecule has 1 aromatic rings. The van der Waals surface area contributed by atoms with Gasteiger partial charge in [0.15, 0.2) is 11.5 Å².